The maximum atomic E-state index is 13.4. The second-order valence-corrected chi connectivity index (χ2v) is 4.77. The summed E-state index contributed by atoms with van der Waals surface area (Å²) in [4.78, 5) is 0.646. The number of halogens is 1. The van der Waals surface area contributed by atoms with Crippen molar-refractivity contribution >= 4 is 16.3 Å². The van der Waals surface area contributed by atoms with Gasteiger partial charge in [0.25, 0.3) is 0 Å². The second-order valence-electron chi connectivity index (χ2n) is 3.73. The van der Waals surface area contributed by atoms with Crippen molar-refractivity contribution in [1.29, 1.82) is 0 Å². The number of hydrogen-bond donors (Lipinski definition) is 1. The lowest BCUT2D eigenvalue weighted by atomic mass is 10.3. The fraction of sp³-hybridized carbons (Fsp3) is 0.182. The summed E-state index contributed by atoms with van der Waals surface area (Å²) in [7, 11) is 0. The zero-order valence-corrected chi connectivity index (χ0v) is 10.6. The Labute approximate surface area is 111 Å². The van der Waals surface area contributed by atoms with Crippen LogP contribution in [0.25, 0.3) is 4.96 Å². The molecule has 0 saturated carbocycles. The molecule has 0 aliphatic carbocycles. The van der Waals surface area contributed by atoms with E-state index in [0.29, 0.717) is 17.3 Å². The Morgan fingerprint density at radius 1 is 1.32 bits per heavy atom. The first kappa shape index (κ1) is 12.0. The third-order valence-corrected chi connectivity index (χ3v) is 3.39. The van der Waals surface area contributed by atoms with Crippen LogP contribution in [0.3, 0.4) is 0 Å². The fourth-order valence-corrected chi connectivity index (χ4v) is 2.30. The Morgan fingerprint density at radius 2 is 2.16 bits per heavy atom. The zero-order chi connectivity index (χ0) is 13.2. The Bertz CT molecular complexity index is 710. The van der Waals surface area contributed by atoms with E-state index in [1.807, 2.05) is 0 Å². The first-order valence-electron chi connectivity index (χ1n) is 5.55. The minimum atomic E-state index is -0.413. The van der Waals surface area contributed by atoms with Crippen molar-refractivity contribution in [3.05, 3.63) is 40.9 Å². The summed E-state index contributed by atoms with van der Waals surface area (Å²) in [6.45, 7) is 0.442. The summed E-state index contributed by atoms with van der Waals surface area (Å²) >= 11 is 1.37. The molecule has 0 atom stereocenters. The van der Waals surface area contributed by atoms with Crippen molar-refractivity contribution in [3.63, 3.8) is 0 Å². The van der Waals surface area contributed by atoms with Gasteiger partial charge in [0.15, 0.2) is 17.4 Å². The number of fused-ring (bicyclic) bond motifs is 1. The monoisotopic (exact) mass is 279 g/mol. The molecule has 6 nitrogen and oxygen atoms in total. The highest BCUT2D eigenvalue weighted by molar-refractivity contribution is 7.16. The molecule has 0 fully saturated rings. The maximum Gasteiger partial charge on any atom is 0.234 e. The smallest absolute Gasteiger partial charge is 0.234 e. The molecule has 98 valence electrons. The quantitative estimate of drug-likeness (QED) is 0.780. The number of hydrogen-bond acceptors (Lipinski definition) is 6. The van der Waals surface area contributed by atoms with Gasteiger partial charge in [0.05, 0.1) is 0 Å². The van der Waals surface area contributed by atoms with E-state index in [2.05, 4.69) is 15.3 Å². The molecule has 2 aromatic heterocycles. The number of rotatable bonds is 4. The summed E-state index contributed by atoms with van der Waals surface area (Å²) in [5.41, 5.74) is 5.51. The normalized spacial score (nSPS) is 11.1. The van der Waals surface area contributed by atoms with Gasteiger partial charge in [-0.1, -0.05) is 23.5 Å². The summed E-state index contributed by atoms with van der Waals surface area (Å²) < 4.78 is 20.3. The van der Waals surface area contributed by atoms with Crippen molar-refractivity contribution in [2.45, 2.75) is 13.2 Å². The van der Waals surface area contributed by atoms with Crippen LogP contribution >= 0.6 is 11.3 Å². The highest BCUT2D eigenvalue weighted by Gasteiger charge is 2.12. The van der Waals surface area contributed by atoms with Crippen molar-refractivity contribution in [1.82, 2.24) is 19.8 Å². The molecule has 19 heavy (non-hydrogen) atoms. The van der Waals surface area contributed by atoms with Gasteiger partial charge in [-0.2, -0.15) is 9.61 Å². The van der Waals surface area contributed by atoms with E-state index < -0.39 is 5.82 Å². The Balaban J connectivity index is 1.82. The van der Waals surface area contributed by atoms with Crippen LogP contribution in [0.5, 0.6) is 5.75 Å². The first-order chi connectivity index (χ1) is 9.28. The molecule has 0 radical (unpaired) electrons. The molecule has 0 aliphatic rings. The van der Waals surface area contributed by atoms with Gasteiger partial charge >= 0.3 is 0 Å². The molecule has 0 spiro atoms. The van der Waals surface area contributed by atoms with Gasteiger partial charge in [0, 0.05) is 6.54 Å². The van der Waals surface area contributed by atoms with Crippen molar-refractivity contribution in [2.24, 2.45) is 5.73 Å². The van der Waals surface area contributed by atoms with E-state index in [4.69, 9.17) is 10.5 Å². The van der Waals surface area contributed by atoms with Crippen LogP contribution in [0.4, 0.5) is 4.39 Å². The third-order valence-electron chi connectivity index (χ3n) is 2.47. The third kappa shape index (κ3) is 2.27. The lowest BCUT2D eigenvalue weighted by Crippen LogP contribution is -2.04. The molecule has 0 amide bonds. The number of ether oxygens (including phenoxy) is 1. The predicted molar refractivity (Wildman–Crippen MR) is 67.3 cm³/mol. The molecule has 0 saturated heterocycles. The van der Waals surface area contributed by atoms with E-state index in [0.717, 1.165) is 5.01 Å². The number of aromatic nitrogens is 4. The summed E-state index contributed by atoms with van der Waals surface area (Å²) in [5, 5.41) is 12.9. The average molecular weight is 279 g/mol. The minimum absolute atomic E-state index is 0.0931. The molecular weight excluding hydrogens is 269 g/mol. The van der Waals surface area contributed by atoms with Crippen LogP contribution in [-0.2, 0) is 13.2 Å². The summed E-state index contributed by atoms with van der Waals surface area (Å²) in [6.07, 6.45) is 0. The van der Waals surface area contributed by atoms with Gasteiger partial charge < -0.3 is 10.5 Å². The van der Waals surface area contributed by atoms with Gasteiger partial charge in [-0.25, -0.2) is 4.39 Å². The Morgan fingerprint density at radius 3 is 2.95 bits per heavy atom. The van der Waals surface area contributed by atoms with Gasteiger partial charge in [-0.3, -0.25) is 0 Å². The zero-order valence-electron chi connectivity index (χ0n) is 9.78. The minimum Gasteiger partial charge on any atom is -0.482 e. The van der Waals surface area contributed by atoms with Crippen LogP contribution < -0.4 is 10.5 Å². The highest BCUT2D eigenvalue weighted by atomic mass is 32.1. The SMILES string of the molecule is NCc1nn2c(COc3ccccc3F)nnc2s1. The first-order valence-corrected chi connectivity index (χ1v) is 6.37. The molecule has 2 N–H and O–H groups in total. The lowest BCUT2D eigenvalue weighted by Gasteiger charge is -2.04. The predicted octanol–water partition coefficient (Wildman–Crippen LogP) is 1.36. The topological polar surface area (TPSA) is 78.3 Å². The fourth-order valence-electron chi connectivity index (χ4n) is 1.57. The van der Waals surface area contributed by atoms with Crippen LogP contribution in [0.1, 0.15) is 10.8 Å². The molecule has 0 unspecified atom stereocenters. The largest absolute Gasteiger partial charge is 0.482 e. The summed E-state index contributed by atoms with van der Waals surface area (Å²) in [5.74, 6) is 0.270. The van der Waals surface area contributed by atoms with Crippen LogP contribution in [0.15, 0.2) is 24.3 Å². The van der Waals surface area contributed by atoms with E-state index >= 15 is 0 Å². The summed E-state index contributed by atoms with van der Waals surface area (Å²) in [6, 6.07) is 6.20. The molecule has 3 rings (SSSR count). The number of nitrogens with zero attached hydrogens (tertiary/aromatic N) is 4. The van der Waals surface area contributed by atoms with Crippen molar-refractivity contribution < 1.29 is 9.13 Å². The molecule has 3 aromatic rings. The molecule has 0 aliphatic heterocycles. The molecule has 1 aromatic carbocycles. The van der Waals surface area contributed by atoms with Crippen LogP contribution in [0.2, 0.25) is 0 Å². The van der Waals surface area contributed by atoms with Gasteiger partial charge in [0.1, 0.15) is 11.6 Å². The molecular formula is C11H10FN5OS. The van der Waals surface area contributed by atoms with Crippen LogP contribution in [0, 0.1) is 5.82 Å². The van der Waals surface area contributed by atoms with E-state index in [1.165, 1.54) is 17.4 Å². The number of benzene rings is 1. The van der Waals surface area contributed by atoms with E-state index in [9.17, 15) is 4.39 Å². The van der Waals surface area contributed by atoms with Gasteiger partial charge in [-0.05, 0) is 12.1 Å². The van der Waals surface area contributed by atoms with Gasteiger partial charge in [-0.15, -0.1) is 10.2 Å². The van der Waals surface area contributed by atoms with E-state index in [1.54, 1.807) is 22.7 Å². The Kier molecular flexibility index (Phi) is 3.10. The highest BCUT2D eigenvalue weighted by Crippen LogP contribution is 2.18. The standard InChI is InChI=1S/C11H10FN5OS/c12-7-3-1-2-4-8(7)18-6-9-14-15-11-17(9)16-10(5-13)19-11/h1-4H,5-6,13H2. The maximum absolute atomic E-state index is 13.4. The molecule has 0 bridgehead atoms. The average Bonchev–Trinajstić information content (AvgIpc) is 2.98. The number of para-hydroxylation sites is 1. The lowest BCUT2D eigenvalue weighted by molar-refractivity contribution is 0.278. The van der Waals surface area contributed by atoms with E-state index in [-0.39, 0.29) is 12.4 Å². The molecule has 2 heterocycles. The Hall–Kier alpha value is -2.06. The van der Waals surface area contributed by atoms with Gasteiger partial charge in [0.2, 0.25) is 4.96 Å². The second kappa shape index (κ2) is 4.90. The van der Waals surface area contributed by atoms with Crippen molar-refractivity contribution in [2.75, 3.05) is 0 Å². The molecule has 8 heteroatoms. The number of nitrogens with two attached hydrogens (primary N) is 1. The van der Waals surface area contributed by atoms with Crippen LogP contribution in [-0.4, -0.2) is 19.8 Å². The van der Waals surface area contributed by atoms with Crippen molar-refractivity contribution in [3.8, 4) is 5.75 Å².